The molecule has 0 aliphatic carbocycles. The number of amides is 2. The zero-order valence-electron chi connectivity index (χ0n) is 11.4. The summed E-state index contributed by atoms with van der Waals surface area (Å²) in [7, 11) is 0. The van der Waals surface area contributed by atoms with E-state index < -0.39 is 12.0 Å². The van der Waals surface area contributed by atoms with Crippen LogP contribution in [0.3, 0.4) is 0 Å². The summed E-state index contributed by atoms with van der Waals surface area (Å²) in [5, 5.41) is 12.0. The van der Waals surface area contributed by atoms with Gasteiger partial charge in [0.05, 0.1) is 6.07 Å². The molecule has 5 heteroatoms. The summed E-state index contributed by atoms with van der Waals surface area (Å²) in [6.07, 6.45) is 0.376. The molecular formula is C15H17N3O2. The van der Waals surface area contributed by atoms with Crippen LogP contribution in [0.15, 0.2) is 30.3 Å². The summed E-state index contributed by atoms with van der Waals surface area (Å²) in [4.78, 5) is 25.5. The molecule has 104 valence electrons. The summed E-state index contributed by atoms with van der Waals surface area (Å²) in [6, 6.07) is 11.0. The number of hydrogen-bond acceptors (Lipinski definition) is 3. The SMILES string of the molecule is CC1C(=O)NCCN1C(=O)C(C#N)Cc1ccccc1. The normalized spacial score (nSPS) is 19.9. The van der Waals surface area contributed by atoms with Crippen molar-refractivity contribution in [1.82, 2.24) is 10.2 Å². The van der Waals surface area contributed by atoms with Gasteiger partial charge in [0, 0.05) is 13.1 Å². The first-order valence-corrected chi connectivity index (χ1v) is 6.65. The third kappa shape index (κ3) is 2.97. The predicted molar refractivity (Wildman–Crippen MR) is 73.4 cm³/mol. The van der Waals surface area contributed by atoms with Crippen LogP contribution in [0.5, 0.6) is 0 Å². The summed E-state index contributed by atoms with van der Waals surface area (Å²) >= 11 is 0. The largest absolute Gasteiger partial charge is 0.353 e. The summed E-state index contributed by atoms with van der Waals surface area (Å²) < 4.78 is 0. The number of piperazine rings is 1. The molecule has 0 aromatic heterocycles. The maximum atomic E-state index is 12.4. The average Bonchev–Trinajstić information content (AvgIpc) is 2.48. The maximum absolute atomic E-state index is 12.4. The fraction of sp³-hybridized carbons (Fsp3) is 0.400. The first kappa shape index (κ1) is 14.1. The van der Waals surface area contributed by atoms with E-state index in [1.54, 1.807) is 6.92 Å². The molecule has 2 unspecified atom stereocenters. The highest BCUT2D eigenvalue weighted by molar-refractivity contribution is 5.90. The van der Waals surface area contributed by atoms with Gasteiger partial charge in [-0.3, -0.25) is 9.59 Å². The van der Waals surface area contributed by atoms with Crippen LogP contribution < -0.4 is 5.32 Å². The van der Waals surface area contributed by atoms with Gasteiger partial charge in [-0.25, -0.2) is 0 Å². The minimum Gasteiger partial charge on any atom is -0.353 e. The van der Waals surface area contributed by atoms with E-state index in [4.69, 9.17) is 0 Å². The number of hydrogen-bond donors (Lipinski definition) is 1. The molecule has 2 amide bonds. The quantitative estimate of drug-likeness (QED) is 0.880. The molecule has 0 spiro atoms. The molecule has 1 aromatic rings. The van der Waals surface area contributed by atoms with Gasteiger partial charge in [0.1, 0.15) is 12.0 Å². The molecule has 1 saturated heterocycles. The highest BCUT2D eigenvalue weighted by Gasteiger charge is 2.33. The molecule has 2 atom stereocenters. The van der Waals surface area contributed by atoms with E-state index >= 15 is 0 Å². The van der Waals surface area contributed by atoms with Crippen molar-refractivity contribution in [2.45, 2.75) is 19.4 Å². The first-order valence-electron chi connectivity index (χ1n) is 6.65. The van der Waals surface area contributed by atoms with E-state index in [2.05, 4.69) is 11.4 Å². The Hall–Kier alpha value is -2.35. The van der Waals surface area contributed by atoms with Crippen LogP contribution in [0.2, 0.25) is 0 Å². The van der Waals surface area contributed by atoms with Gasteiger partial charge in [0.2, 0.25) is 11.8 Å². The predicted octanol–water partition coefficient (Wildman–Crippen LogP) is 0.716. The van der Waals surface area contributed by atoms with Crippen molar-refractivity contribution in [3.63, 3.8) is 0 Å². The van der Waals surface area contributed by atoms with Gasteiger partial charge >= 0.3 is 0 Å². The number of carbonyl (C=O) groups is 2. The number of nitrogens with one attached hydrogen (secondary N) is 1. The zero-order valence-corrected chi connectivity index (χ0v) is 11.4. The second kappa shape index (κ2) is 6.20. The molecule has 1 N–H and O–H groups in total. The molecule has 1 fully saturated rings. The molecule has 20 heavy (non-hydrogen) atoms. The van der Waals surface area contributed by atoms with Crippen molar-refractivity contribution >= 4 is 11.8 Å². The summed E-state index contributed by atoms with van der Waals surface area (Å²) in [5.74, 6) is -1.18. The van der Waals surface area contributed by atoms with Crippen molar-refractivity contribution in [1.29, 1.82) is 5.26 Å². The van der Waals surface area contributed by atoms with Crippen molar-refractivity contribution in [3.8, 4) is 6.07 Å². The van der Waals surface area contributed by atoms with Crippen molar-refractivity contribution in [3.05, 3.63) is 35.9 Å². The number of carbonyl (C=O) groups excluding carboxylic acids is 2. The molecule has 0 radical (unpaired) electrons. The Morgan fingerprint density at radius 3 is 2.85 bits per heavy atom. The Bertz CT molecular complexity index is 536. The van der Waals surface area contributed by atoms with E-state index in [0.717, 1.165) is 5.56 Å². The average molecular weight is 271 g/mol. The van der Waals surface area contributed by atoms with E-state index in [0.29, 0.717) is 19.5 Å². The molecule has 2 rings (SSSR count). The van der Waals surface area contributed by atoms with Crippen LogP contribution >= 0.6 is 0 Å². The topological polar surface area (TPSA) is 73.2 Å². The lowest BCUT2D eigenvalue weighted by Gasteiger charge is -2.34. The highest BCUT2D eigenvalue weighted by Crippen LogP contribution is 2.14. The van der Waals surface area contributed by atoms with E-state index in [9.17, 15) is 14.9 Å². The Morgan fingerprint density at radius 1 is 1.50 bits per heavy atom. The Morgan fingerprint density at radius 2 is 2.20 bits per heavy atom. The molecule has 1 aliphatic heterocycles. The van der Waals surface area contributed by atoms with Crippen LogP contribution in [-0.2, 0) is 16.0 Å². The molecule has 5 nitrogen and oxygen atoms in total. The summed E-state index contributed by atoms with van der Waals surface area (Å²) in [5.41, 5.74) is 0.946. The van der Waals surface area contributed by atoms with Crippen molar-refractivity contribution < 1.29 is 9.59 Å². The van der Waals surface area contributed by atoms with Gasteiger partial charge in [0.15, 0.2) is 0 Å². The Kier molecular flexibility index (Phi) is 4.36. The zero-order chi connectivity index (χ0) is 14.5. The lowest BCUT2D eigenvalue weighted by Crippen LogP contribution is -2.57. The van der Waals surface area contributed by atoms with E-state index in [-0.39, 0.29) is 11.8 Å². The van der Waals surface area contributed by atoms with Gasteiger partial charge in [-0.15, -0.1) is 0 Å². The van der Waals surface area contributed by atoms with Crippen molar-refractivity contribution in [2.24, 2.45) is 5.92 Å². The van der Waals surface area contributed by atoms with Gasteiger partial charge in [-0.2, -0.15) is 5.26 Å². The molecule has 1 aliphatic rings. The smallest absolute Gasteiger partial charge is 0.242 e. The van der Waals surface area contributed by atoms with Gasteiger partial charge < -0.3 is 10.2 Å². The standard InChI is InChI=1S/C15H17N3O2/c1-11-14(19)17-7-8-18(11)15(20)13(10-16)9-12-5-3-2-4-6-12/h2-6,11,13H,7-9H2,1H3,(H,17,19). The first-order chi connectivity index (χ1) is 9.63. The fourth-order valence-electron chi connectivity index (χ4n) is 2.32. The van der Waals surface area contributed by atoms with Gasteiger partial charge in [-0.1, -0.05) is 30.3 Å². The highest BCUT2D eigenvalue weighted by atomic mass is 16.2. The van der Waals surface area contributed by atoms with Crippen LogP contribution in [-0.4, -0.2) is 35.8 Å². The Labute approximate surface area is 118 Å². The van der Waals surface area contributed by atoms with Crippen molar-refractivity contribution in [2.75, 3.05) is 13.1 Å². The molecular weight excluding hydrogens is 254 g/mol. The molecule has 1 aromatic carbocycles. The minimum absolute atomic E-state index is 0.166. The minimum atomic E-state index is -0.745. The van der Waals surface area contributed by atoms with Gasteiger partial charge in [0.25, 0.3) is 0 Å². The third-order valence-electron chi connectivity index (χ3n) is 3.52. The van der Waals surface area contributed by atoms with Crippen LogP contribution in [0.1, 0.15) is 12.5 Å². The fourth-order valence-corrected chi connectivity index (χ4v) is 2.32. The second-order valence-corrected chi connectivity index (χ2v) is 4.87. The number of rotatable bonds is 3. The van der Waals surface area contributed by atoms with Crippen LogP contribution in [0.4, 0.5) is 0 Å². The van der Waals surface area contributed by atoms with Gasteiger partial charge in [-0.05, 0) is 18.9 Å². The lowest BCUT2D eigenvalue weighted by atomic mass is 9.98. The summed E-state index contributed by atoms with van der Waals surface area (Å²) in [6.45, 7) is 2.58. The number of nitriles is 1. The second-order valence-electron chi connectivity index (χ2n) is 4.87. The number of nitrogens with zero attached hydrogens (tertiary/aromatic N) is 2. The Balaban J connectivity index is 2.09. The lowest BCUT2D eigenvalue weighted by molar-refractivity contribution is -0.144. The maximum Gasteiger partial charge on any atom is 0.242 e. The third-order valence-corrected chi connectivity index (χ3v) is 3.52. The molecule has 1 heterocycles. The van der Waals surface area contributed by atoms with E-state index in [1.807, 2.05) is 30.3 Å². The number of benzene rings is 1. The van der Waals surface area contributed by atoms with Crippen LogP contribution in [0, 0.1) is 17.2 Å². The molecule has 0 bridgehead atoms. The molecule has 0 saturated carbocycles. The van der Waals surface area contributed by atoms with Crippen LogP contribution in [0.25, 0.3) is 0 Å². The van der Waals surface area contributed by atoms with E-state index in [1.165, 1.54) is 4.90 Å². The monoisotopic (exact) mass is 271 g/mol.